The van der Waals surface area contributed by atoms with Gasteiger partial charge in [-0.1, -0.05) is 0 Å². The number of carbonyl (C=O) groups excluding carboxylic acids is 5. The zero-order valence-corrected chi connectivity index (χ0v) is 38.7. The maximum Gasteiger partial charge on any atom is 0.404 e. The summed E-state index contributed by atoms with van der Waals surface area (Å²) in [6, 6.07) is 0.301. The van der Waals surface area contributed by atoms with Crippen LogP contribution >= 0.6 is 0 Å². The van der Waals surface area contributed by atoms with Gasteiger partial charge in [0, 0.05) is 106 Å². The number of hydrogen-bond donors (Lipinski definition) is 7. The largest absolute Gasteiger partial charge is 0.503 e. The first kappa shape index (κ1) is 52.0. The van der Waals surface area contributed by atoms with Crippen LogP contribution in [0.3, 0.4) is 0 Å². The summed E-state index contributed by atoms with van der Waals surface area (Å²) in [7, 11) is 1.50. The zero-order valence-electron chi connectivity index (χ0n) is 38.7. The van der Waals surface area contributed by atoms with Gasteiger partial charge in [0.15, 0.2) is 22.9 Å². The smallest absolute Gasteiger partial charge is 0.404 e. The van der Waals surface area contributed by atoms with E-state index in [1.165, 1.54) is 21.1 Å². The molecule has 72 heavy (non-hydrogen) atoms. The number of amides is 6. The van der Waals surface area contributed by atoms with Crippen LogP contribution < -0.4 is 32.1 Å². The van der Waals surface area contributed by atoms with Gasteiger partial charge in [-0.3, -0.25) is 33.6 Å². The number of rotatable bonds is 10. The van der Waals surface area contributed by atoms with E-state index < -0.39 is 134 Å². The first-order valence-electron chi connectivity index (χ1n) is 22.6. The van der Waals surface area contributed by atoms with Gasteiger partial charge in [-0.2, -0.15) is 0 Å². The Hall–Kier alpha value is -7.86. The molecule has 0 radical (unpaired) electrons. The number of pyridine rings is 2. The Morgan fingerprint density at radius 2 is 1.00 bits per heavy atom. The molecule has 6 heterocycles. The predicted octanol–water partition coefficient (Wildman–Crippen LogP) is 3.80. The number of aromatic nitrogens is 2. The first-order chi connectivity index (χ1) is 34.0. The highest BCUT2D eigenvalue weighted by molar-refractivity contribution is 6.00. The summed E-state index contributed by atoms with van der Waals surface area (Å²) in [6.07, 6.45) is 3.38. The standard InChI is InChI=1S/C24H25F3N4O5.C23H23F3N4O6/c1-11-3-4-12(5-19(32)28-2)18-10-30(11)24(36)20-22(34)21(33)15(9-31(18)20)23(35)29-8-14-16(26)6-13(25)7-17(14)27;1-10-2-3-11(6-28-23(35)36)17-9-29(10)22(34)18-20(32)19(31)14(8-30(17)18)21(33)27-7-13-15(25)4-12(24)5-16(13)26/h6-7,9,11-12,18,34H,3-5,8,10H2,1-2H3,(H,28,32)(H,29,35);4-5,8,10-11,17,28,32H,2-3,6-7,9H2,1H3,(H,27,33)(H,35,36). The lowest BCUT2D eigenvalue weighted by Crippen LogP contribution is -2.49. The van der Waals surface area contributed by atoms with Crippen LogP contribution in [0.1, 0.15) is 111 Å². The molecule has 6 amide bonds. The maximum atomic E-state index is 14.0. The van der Waals surface area contributed by atoms with E-state index in [-0.39, 0.29) is 67.3 Å². The number of carboxylic acid groups (broad SMARTS) is 1. The van der Waals surface area contributed by atoms with Gasteiger partial charge in [0.05, 0.1) is 12.1 Å². The molecule has 2 aromatic carbocycles. The molecule has 25 heteroatoms. The van der Waals surface area contributed by atoms with Crippen molar-refractivity contribution >= 4 is 35.6 Å². The summed E-state index contributed by atoms with van der Waals surface area (Å²) < 4.78 is 84.7. The number of halogens is 6. The molecule has 19 nitrogen and oxygen atoms in total. The topological polar surface area (TPSA) is 262 Å². The SMILES string of the molecule is CC1CCC(CNC(=O)O)C2CN1C(=O)c1c(O)c(=O)c(C(=O)NCc3c(F)cc(F)cc3F)cn12.CNC(=O)CC1CCC(C)N2CC1n1cc(C(=O)NCc3c(F)cc(F)cc3F)c(=O)c(O)c1C2=O. The number of carbonyl (C=O) groups is 6. The van der Waals surface area contributed by atoms with Crippen molar-refractivity contribution in [3.63, 3.8) is 0 Å². The minimum Gasteiger partial charge on any atom is -0.503 e. The van der Waals surface area contributed by atoms with E-state index >= 15 is 0 Å². The molecule has 0 spiro atoms. The molecule has 4 aromatic rings. The van der Waals surface area contributed by atoms with Crippen LogP contribution in [0.25, 0.3) is 0 Å². The third-order valence-corrected chi connectivity index (χ3v) is 13.7. The summed E-state index contributed by atoms with van der Waals surface area (Å²) in [5.41, 5.74) is -5.24. The Morgan fingerprint density at radius 1 is 0.611 bits per heavy atom. The van der Waals surface area contributed by atoms with Crippen LogP contribution in [0.5, 0.6) is 11.5 Å². The van der Waals surface area contributed by atoms with Crippen LogP contribution in [0.15, 0.2) is 46.2 Å². The number of nitrogens with zero attached hydrogens (tertiary/aromatic N) is 4. The van der Waals surface area contributed by atoms with Crippen LogP contribution in [0.2, 0.25) is 0 Å². The minimum atomic E-state index is -1.24. The minimum absolute atomic E-state index is 0.0335. The van der Waals surface area contributed by atoms with Gasteiger partial charge in [0.25, 0.3) is 23.6 Å². The van der Waals surface area contributed by atoms with E-state index in [9.17, 15) is 74.9 Å². The average Bonchev–Trinajstić information content (AvgIpc) is 3.55. The highest BCUT2D eigenvalue weighted by Crippen LogP contribution is 2.40. The molecule has 4 bridgehead atoms. The van der Waals surface area contributed by atoms with Crippen LogP contribution in [0.4, 0.5) is 31.1 Å². The van der Waals surface area contributed by atoms with Crippen molar-refractivity contribution in [1.82, 2.24) is 40.2 Å². The second-order valence-electron chi connectivity index (χ2n) is 18.0. The van der Waals surface area contributed by atoms with E-state index in [4.69, 9.17) is 5.11 Å². The van der Waals surface area contributed by atoms with Crippen molar-refractivity contribution in [1.29, 1.82) is 0 Å². The maximum absolute atomic E-state index is 14.0. The van der Waals surface area contributed by atoms with E-state index in [1.54, 1.807) is 4.90 Å². The molecule has 6 atom stereocenters. The van der Waals surface area contributed by atoms with Crippen LogP contribution in [-0.2, 0) is 17.9 Å². The summed E-state index contributed by atoms with van der Waals surface area (Å²) in [5.74, 6) is -13.2. The lowest BCUT2D eigenvalue weighted by molar-refractivity contribution is -0.121. The zero-order chi connectivity index (χ0) is 52.6. The fourth-order valence-corrected chi connectivity index (χ4v) is 9.69. The van der Waals surface area contributed by atoms with Crippen LogP contribution in [-0.4, -0.2) is 109 Å². The molecule has 384 valence electrons. The van der Waals surface area contributed by atoms with Crippen molar-refractivity contribution in [3.05, 3.63) is 126 Å². The molecule has 2 aromatic heterocycles. The molecule has 6 unspecified atom stereocenters. The third-order valence-electron chi connectivity index (χ3n) is 13.7. The van der Waals surface area contributed by atoms with Gasteiger partial charge >= 0.3 is 6.09 Å². The van der Waals surface area contributed by atoms with Gasteiger partial charge in [0.2, 0.25) is 16.8 Å². The van der Waals surface area contributed by atoms with E-state index in [0.717, 1.165) is 12.4 Å². The summed E-state index contributed by atoms with van der Waals surface area (Å²) >= 11 is 0. The van der Waals surface area contributed by atoms with Gasteiger partial charge < -0.3 is 55.5 Å². The van der Waals surface area contributed by atoms with Crippen molar-refractivity contribution < 1.29 is 70.4 Å². The van der Waals surface area contributed by atoms with Crippen LogP contribution in [0, 0.1) is 46.7 Å². The molecular formula is C47H48F6N8O11. The quantitative estimate of drug-likeness (QED) is 0.112. The normalized spacial score (nSPS) is 21.0. The van der Waals surface area contributed by atoms with E-state index in [0.29, 0.717) is 49.9 Å². The molecule has 4 aliphatic rings. The van der Waals surface area contributed by atoms with E-state index in [1.807, 2.05) is 13.8 Å². The van der Waals surface area contributed by atoms with Gasteiger partial charge in [-0.15, -0.1) is 0 Å². The van der Waals surface area contributed by atoms with Crippen molar-refractivity contribution in [2.75, 3.05) is 26.7 Å². The summed E-state index contributed by atoms with van der Waals surface area (Å²) in [5, 5.41) is 39.7. The molecule has 7 N–H and O–H groups in total. The fourth-order valence-electron chi connectivity index (χ4n) is 9.69. The van der Waals surface area contributed by atoms with Crippen molar-refractivity contribution in [2.24, 2.45) is 11.8 Å². The average molecular weight is 1010 g/mol. The van der Waals surface area contributed by atoms with Gasteiger partial charge in [-0.25, -0.2) is 31.1 Å². The Balaban J connectivity index is 0.000000211. The third kappa shape index (κ3) is 10.2. The molecule has 2 saturated heterocycles. The Morgan fingerprint density at radius 3 is 1.39 bits per heavy atom. The number of nitrogens with one attached hydrogen (secondary N) is 4. The van der Waals surface area contributed by atoms with Crippen molar-refractivity contribution in [3.8, 4) is 11.5 Å². The monoisotopic (exact) mass is 1010 g/mol. The highest BCUT2D eigenvalue weighted by atomic mass is 19.2. The lowest BCUT2D eigenvalue weighted by Gasteiger charge is -2.39. The highest BCUT2D eigenvalue weighted by Gasteiger charge is 2.44. The Labute approximate surface area is 404 Å². The van der Waals surface area contributed by atoms with Crippen molar-refractivity contribution in [2.45, 2.75) is 83.2 Å². The number of benzene rings is 2. The fraction of sp³-hybridized carbons (Fsp3) is 0.404. The molecule has 0 saturated carbocycles. The van der Waals surface area contributed by atoms with Gasteiger partial charge in [-0.05, 0) is 51.4 Å². The summed E-state index contributed by atoms with van der Waals surface area (Å²) in [4.78, 5) is 104. The number of aromatic hydroxyl groups is 2. The first-order valence-corrected chi connectivity index (χ1v) is 22.6. The van der Waals surface area contributed by atoms with Gasteiger partial charge in [0.1, 0.15) is 46.0 Å². The summed E-state index contributed by atoms with van der Waals surface area (Å²) in [6.45, 7) is 2.66. The second kappa shape index (κ2) is 20.8. The second-order valence-corrected chi connectivity index (χ2v) is 18.0. The predicted molar refractivity (Wildman–Crippen MR) is 239 cm³/mol. The number of fused-ring (bicyclic) bond motifs is 8. The molecule has 0 aliphatic carbocycles. The molecule has 2 fully saturated rings. The van der Waals surface area contributed by atoms with E-state index in [2.05, 4.69) is 21.3 Å². The Bertz CT molecular complexity index is 2980. The molecular weight excluding hydrogens is 967 g/mol. The Kier molecular flexibility index (Phi) is 15.1. The number of hydrogen-bond acceptors (Lipinski definition) is 10. The lowest BCUT2D eigenvalue weighted by atomic mass is 9.90. The molecule has 4 aliphatic heterocycles. The molecule has 8 rings (SSSR count).